The van der Waals surface area contributed by atoms with Crippen LogP contribution in [0.5, 0.6) is 0 Å². The Morgan fingerprint density at radius 3 is 1.61 bits per heavy atom. The van der Waals surface area contributed by atoms with E-state index in [9.17, 15) is 0 Å². The standard InChI is InChI=1S/C58H45N5S/c59-36-16-24-44(38-17-4-1-5-18-38)53(54(60)40-19-6-2-7-20-40)39-30-32-42(33-31-39)56-61-55(41-21-8-3-9-22-41)62-57(63-56)43-34-35-48-46(37-43)45-23-10-11-25-47(45)58(48)49-26-12-14-28-51(49)64-52-29-15-13-27-50(52)58/h1-15,17-23,25-35,37,44H,16,24,36,59-60H2/b54-53-. The van der Waals surface area contributed by atoms with Gasteiger partial charge in [-0.2, -0.15) is 0 Å². The van der Waals surface area contributed by atoms with Gasteiger partial charge in [-0.05, 0) is 93.2 Å². The van der Waals surface area contributed by atoms with Crippen molar-refractivity contribution in [2.24, 2.45) is 11.5 Å². The lowest BCUT2D eigenvalue weighted by molar-refractivity contribution is 0.695. The number of allylic oxidation sites excluding steroid dienone is 1. The molecule has 308 valence electrons. The minimum absolute atomic E-state index is 0.0441. The fourth-order valence-electron chi connectivity index (χ4n) is 9.95. The maximum Gasteiger partial charge on any atom is 0.164 e. The summed E-state index contributed by atoms with van der Waals surface area (Å²) in [5.41, 5.74) is 28.3. The highest BCUT2D eigenvalue weighted by molar-refractivity contribution is 7.99. The first kappa shape index (κ1) is 39.5. The maximum atomic E-state index is 7.17. The summed E-state index contributed by atoms with van der Waals surface area (Å²) in [6, 6.07) is 73.1. The number of benzene rings is 8. The molecule has 0 radical (unpaired) electrons. The zero-order chi connectivity index (χ0) is 43.0. The molecule has 0 bridgehead atoms. The number of rotatable bonds is 10. The van der Waals surface area contributed by atoms with Gasteiger partial charge in [0.1, 0.15) is 0 Å². The molecule has 1 spiro atoms. The van der Waals surface area contributed by atoms with Crippen LogP contribution in [0.2, 0.25) is 0 Å². The summed E-state index contributed by atoms with van der Waals surface area (Å²) in [6.07, 6.45) is 1.74. The van der Waals surface area contributed by atoms with Crippen LogP contribution in [0.4, 0.5) is 0 Å². The van der Waals surface area contributed by atoms with Crippen molar-refractivity contribution in [2.75, 3.05) is 6.54 Å². The molecule has 64 heavy (non-hydrogen) atoms. The van der Waals surface area contributed by atoms with E-state index < -0.39 is 5.41 Å². The SMILES string of the molecule is NCCCC(/C(=C(\N)c1ccccc1)c1ccc(-c2nc(-c3ccccc3)nc(-c3ccc4c(c3)-c3ccccc3C43c4ccccc4Sc4ccccc43)n2)cc1)c1ccccc1. The van der Waals surface area contributed by atoms with Crippen LogP contribution >= 0.6 is 11.8 Å². The van der Waals surface area contributed by atoms with Crippen LogP contribution in [0.25, 0.3) is 56.6 Å². The Hall–Kier alpha value is -7.38. The predicted octanol–water partition coefficient (Wildman–Crippen LogP) is 13.0. The summed E-state index contributed by atoms with van der Waals surface area (Å²) in [5.74, 6) is 1.88. The fourth-order valence-corrected chi connectivity index (χ4v) is 11.1. The molecule has 1 aromatic heterocycles. The lowest BCUT2D eigenvalue weighted by Gasteiger charge is -2.39. The lowest BCUT2D eigenvalue weighted by atomic mass is 9.67. The minimum Gasteiger partial charge on any atom is -0.398 e. The maximum absolute atomic E-state index is 7.17. The molecule has 2 aliphatic rings. The smallest absolute Gasteiger partial charge is 0.164 e. The fraction of sp³-hybridized carbons (Fsp3) is 0.0862. The minimum atomic E-state index is -0.453. The van der Waals surface area contributed by atoms with E-state index in [1.807, 2.05) is 48.2 Å². The molecule has 8 aromatic carbocycles. The van der Waals surface area contributed by atoms with Gasteiger partial charge in [-0.25, -0.2) is 15.0 Å². The van der Waals surface area contributed by atoms with Crippen LogP contribution in [-0.4, -0.2) is 21.5 Å². The second-order valence-corrected chi connectivity index (χ2v) is 17.6. The lowest BCUT2D eigenvalue weighted by Crippen LogP contribution is -2.31. The normalized spacial score (nSPS) is 13.9. The van der Waals surface area contributed by atoms with Crippen molar-refractivity contribution in [1.29, 1.82) is 0 Å². The van der Waals surface area contributed by atoms with E-state index in [-0.39, 0.29) is 5.92 Å². The number of hydrogen-bond donors (Lipinski definition) is 2. The summed E-state index contributed by atoms with van der Waals surface area (Å²) < 4.78 is 0. The molecular formula is C58H45N5S. The highest BCUT2D eigenvalue weighted by Gasteiger charge is 2.50. The van der Waals surface area contributed by atoms with Crippen LogP contribution in [0, 0.1) is 0 Å². The summed E-state index contributed by atoms with van der Waals surface area (Å²) in [5, 5.41) is 0. The van der Waals surface area contributed by atoms with Crippen LogP contribution in [-0.2, 0) is 5.41 Å². The second-order valence-electron chi connectivity index (χ2n) is 16.5. The second kappa shape index (κ2) is 16.7. The first-order valence-electron chi connectivity index (χ1n) is 22.0. The van der Waals surface area contributed by atoms with Crippen molar-refractivity contribution in [3.05, 3.63) is 245 Å². The van der Waals surface area contributed by atoms with Crippen molar-refractivity contribution >= 4 is 23.0 Å². The summed E-state index contributed by atoms with van der Waals surface area (Å²) in [6.45, 7) is 0.602. The van der Waals surface area contributed by atoms with Gasteiger partial charge in [0.2, 0.25) is 0 Å². The van der Waals surface area contributed by atoms with E-state index in [1.54, 1.807) is 0 Å². The summed E-state index contributed by atoms with van der Waals surface area (Å²) >= 11 is 1.86. The van der Waals surface area contributed by atoms with Crippen LogP contribution in [0.3, 0.4) is 0 Å². The number of aromatic nitrogens is 3. The Balaban J connectivity index is 1.05. The van der Waals surface area contributed by atoms with Gasteiger partial charge in [-0.1, -0.05) is 200 Å². The van der Waals surface area contributed by atoms with Gasteiger partial charge in [-0.15, -0.1) is 0 Å². The highest BCUT2D eigenvalue weighted by atomic mass is 32.2. The van der Waals surface area contributed by atoms with Gasteiger partial charge in [0.05, 0.1) is 5.41 Å². The van der Waals surface area contributed by atoms with Gasteiger partial charge >= 0.3 is 0 Å². The van der Waals surface area contributed by atoms with Crippen molar-refractivity contribution in [2.45, 2.75) is 34.0 Å². The molecule has 5 nitrogen and oxygen atoms in total. The van der Waals surface area contributed by atoms with Crippen molar-refractivity contribution in [3.8, 4) is 45.3 Å². The molecule has 0 saturated carbocycles. The van der Waals surface area contributed by atoms with Crippen LogP contribution in [0.15, 0.2) is 216 Å². The van der Waals surface area contributed by atoms with E-state index in [0.29, 0.717) is 24.0 Å². The Labute approximate surface area is 378 Å². The third kappa shape index (κ3) is 6.74. The Bertz CT molecular complexity index is 3140. The largest absolute Gasteiger partial charge is 0.398 e. The van der Waals surface area contributed by atoms with E-state index in [2.05, 4.69) is 170 Å². The van der Waals surface area contributed by atoms with Crippen molar-refractivity contribution < 1.29 is 0 Å². The monoisotopic (exact) mass is 843 g/mol. The molecule has 11 rings (SSSR count). The summed E-state index contributed by atoms with van der Waals surface area (Å²) in [7, 11) is 0. The quantitative estimate of drug-likeness (QED) is 0.133. The first-order chi connectivity index (χ1) is 31.6. The summed E-state index contributed by atoms with van der Waals surface area (Å²) in [4.78, 5) is 18.1. The van der Waals surface area contributed by atoms with Gasteiger partial charge < -0.3 is 11.5 Å². The molecule has 4 N–H and O–H groups in total. The predicted molar refractivity (Wildman–Crippen MR) is 262 cm³/mol. The third-order valence-corrected chi connectivity index (χ3v) is 14.0. The number of nitrogens with zero attached hydrogens (tertiary/aromatic N) is 3. The molecule has 0 amide bonds. The Kier molecular flexibility index (Phi) is 10.3. The van der Waals surface area contributed by atoms with E-state index in [0.717, 1.165) is 51.9 Å². The topological polar surface area (TPSA) is 90.7 Å². The van der Waals surface area contributed by atoms with Gasteiger partial charge in [0, 0.05) is 38.1 Å². The van der Waals surface area contributed by atoms with E-state index in [4.69, 9.17) is 26.4 Å². The Morgan fingerprint density at radius 1 is 0.469 bits per heavy atom. The number of fused-ring (bicyclic) bond motifs is 9. The molecule has 1 aliphatic heterocycles. The molecular weight excluding hydrogens is 799 g/mol. The van der Waals surface area contributed by atoms with E-state index in [1.165, 1.54) is 48.7 Å². The molecule has 2 heterocycles. The zero-order valence-electron chi connectivity index (χ0n) is 35.2. The molecule has 1 atom stereocenters. The van der Waals surface area contributed by atoms with Gasteiger partial charge in [-0.3, -0.25) is 0 Å². The van der Waals surface area contributed by atoms with Gasteiger partial charge in [0.25, 0.3) is 0 Å². The molecule has 1 unspecified atom stereocenters. The molecule has 9 aromatic rings. The first-order valence-corrected chi connectivity index (χ1v) is 22.8. The average Bonchev–Trinajstić information content (AvgIpc) is 3.65. The highest BCUT2D eigenvalue weighted by Crippen LogP contribution is 2.62. The third-order valence-electron chi connectivity index (χ3n) is 12.8. The average molecular weight is 844 g/mol. The number of nitrogens with two attached hydrogens (primary N) is 2. The molecule has 1 aliphatic carbocycles. The Morgan fingerprint density at radius 2 is 0.969 bits per heavy atom. The molecule has 6 heteroatoms. The van der Waals surface area contributed by atoms with Crippen LogP contribution in [0.1, 0.15) is 57.7 Å². The van der Waals surface area contributed by atoms with E-state index >= 15 is 0 Å². The van der Waals surface area contributed by atoms with Crippen molar-refractivity contribution in [1.82, 2.24) is 15.0 Å². The molecule has 0 saturated heterocycles. The molecule has 0 fully saturated rings. The number of hydrogen-bond acceptors (Lipinski definition) is 6. The van der Waals surface area contributed by atoms with Crippen molar-refractivity contribution in [3.63, 3.8) is 0 Å². The van der Waals surface area contributed by atoms with Crippen LogP contribution < -0.4 is 11.5 Å². The van der Waals surface area contributed by atoms with Gasteiger partial charge in [0.15, 0.2) is 17.5 Å². The zero-order valence-corrected chi connectivity index (χ0v) is 36.0.